The highest BCUT2D eigenvalue weighted by Crippen LogP contribution is 1.87. The van der Waals surface area contributed by atoms with Gasteiger partial charge in [-0.05, 0) is 13.0 Å². The van der Waals surface area contributed by atoms with Crippen LogP contribution in [-0.4, -0.2) is 16.1 Å². The zero-order valence-electron chi connectivity index (χ0n) is 6.79. The van der Waals surface area contributed by atoms with Crippen molar-refractivity contribution in [3.8, 4) is 0 Å². The van der Waals surface area contributed by atoms with E-state index in [9.17, 15) is 0 Å². The van der Waals surface area contributed by atoms with Crippen LogP contribution < -0.4 is 10.9 Å². The molecular weight excluding hydrogens is 150 g/mol. The molecule has 0 amide bonds. The number of rotatable bonds is 4. The fourth-order valence-electron chi connectivity index (χ4n) is 1.12. The third-order valence-electron chi connectivity index (χ3n) is 1.76. The molecule has 1 aromatic rings. The minimum atomic E-state index is -0.00241. The number of nitrogens with two attached hydrogens (primary N) is 1. The van der Waals surface area contributed by atoms with Crippen LogP contribution in [0.4, 0.5) is 0 Å². The monoisotopic (exact) mass is 165 g/mol. The Morgan fingerprint density at radius 1 is 1.18 bits per heavy atom. The van der Waals surface area contributed by atoms with Crippen molar-refractivity contribution in [3.63, 3.8) is 0 Å². The Hall–Kier alpha value is -0.603. The smallest absolute Gasteiger partial charge is 0.0548 e. The molecule has 0 saturated heterocycles. The van der Waals surface area contributed by atoms with Gasteiger partial charge in [0.2, 0.25) is 0 Å². The molecule has 60 valence electrons. The number of hydrogen-bond acceptors (Lipinski definition) is 1. The van der Waals surface area contributed by atoms with Crippen LogP contribution in [0, 0.1) is 0 Å². The van der Waals surface area contributed by atoms with E-state index in [1.807, 2.05) is 0 Å². The summed E-state index contributed by atoms with van der Waals surface area (Å²) in [6.45, 7) is 0.847. The van der Waals surface area contributed by atoms with Crippen molar-refractivity contribution < 1.29 is 0 Å². The standard InChI is InChI=1S/C9H15NSi/c10-7-4-8-11-9-5-2-1-3-6-9/h1-3,5-6H,4,7-8,10-11H2. The van der Waals surface area contributed by atoms with Crippen LogP contribution in [0.3, 0.4) is 0 Å². The summed E-state index contributed by atoms with van der Waals surface area (Å²) in [7, 11) is -0.00241. The zero-order chi connectivity index (χ0) is 7.94. The van der Waals surface area contributed by atoms with Crippen molar-refractivity contribution in [2.75, 3.05) is 6.54 Å². The molecule has 0 atom stereocenters. The van der Waals surface area contributed by atoms with E-state index >= 15 is 0 Å². The van der Waals surface area contributed by atoms with Crippen LogP contribution in [0.1, 0.15) is 6.42 Å². The highest BCUT2D eigenvalue weighted by molar-refractivity contribution is 6.53. The van der Waals surface area contributed by atoms with Crippen LogP contribution in [0.5, 0.6) is 0 Å². The predicted octanol–water partition coefficient (Wildman–Crippen LogP) is 0.248. The highest BCUT2D eigenvalue weighted by Gasteiger charge is 1.90. The Morgan fingerprint density at radius 3 is 2.55 bits per heavy atom. The molecule has 0 spiro atoms. The predicted molar refractivity (Wildman–Crippen MR) is 53.1 cm³/mol. The van der Waals surface area contributed by atoms with E-state index in [0.29, 0.717) is 0 Å². The Balaban J connectivity index is 2.28. The lowest BCUT2D eigenvalue weighted by atomic mass is 10.4. The van der Waals surface area contributed by atoms with Crippen LogP contribution >= 0.6 is 0 Å². The van der Waals surface area contributed by atoms with E-state index in [2.05, 4.69) is 30.3 Å². The lowest BCUT2D eigenvalue weighted by molar-refractivity contribution is 0.927. The molecular formula is C9H15NSi. The third kappa shape index (κ3) is 3.35. The normalized spacial score (nSPS) is 11.0. The Kier molecular flexibility index (Phi) is 3.94. The van der Waals surface area contributed by atoms with E-state index in [1.54, 1.807) is 5.19 Å². The van der Waals surface area contributed by atoms with E-state index in [-0.39, 0.29) is 9.52 Å². The summed E-state index contributed by atoms with van der Waals surface area (Å²) < 4.78 is 0. The molecule has 0 fully saturated rings. The maximum atomic E-state index is 5.41. The van der Waals surface area contributed by atoms with E-state index in [4.69, 9.17) is 5.73 Å². The minimum absolute atomic E-state index is 0.00241. The van der Waals surface area contributed by atoms with Gasteiger partial charge in [0.15, 0.2) is 0 Å². The van der Waals surface area contributed by atoms with Gasteiger partial charge in [-0.15, -0.1) is 0 Å². The fraction of sp³-hybridized carbons (Fsp3) is 0.333. The van der Waals surface area contributed by atoms with Crippen molar-refractivity contribution in [2.45, 2.75) is 12.5 Å². The van der Waals surface area contributed by atoms with Crippen LogP contribution in [0.2, 0.25) is 6.04 Å². The second-order valence-corrected chi connectivity index (χ2v) is 4.75. The van der Waals surface area contributed by atoms with Gasteiger partial charge in [-0.2, -0.15) is 0 Å². The summed E-state index contributed by atoms with van der Waals surface area (Å²) in [6, 6.07) is 12.1. The van der Waals surface area contributed by atoms with Crippen molar-refractivity contribution in [1.82, 2.24) is 0 Å². The number of hydrogen-bond donors (Lipinski definition) is 1. The Labute approximate surface area is 70.4 Å². The van der Waals surface area contributed by atoms with E-state index < -0.39 is 0 Å². The van der Waals surface area contributed by atoms with Crippen LogP contribution in [0.25, 0.3) is 0 Å². The molecule has 0 saturated carbocycles. The van der Waals surface area contributed by atoms with Gasteiger partial charge in [-0.25, -0.2) is 0 Å². The topological polar surface area (TPSA) is 26.0 Å². The summed E-state index contributed by atoms with van der Waals surface area (Å²) >= 11 is 0. The molecule has 0 bridgehead atoms. The van der Waals surface area contributed by atoms with Gasteiger partial charge in [0, 0.05) is 0 Å². The molecule has 0 aliphatic carbocycles. The summed E-state index contributed by atoms with van der Waals surface area (Å²) in [5.41, 5.74) is 5.41. The minimum Gasteiger partial charge on any atom is -0.330 e. The van der Waals surface area contributed by atoms with Crippen molar-refractivity contribution in [3.05, 3.63) is 30.3 Å². The average molecular weight is 165 g/mol. The highest BCUT2D eigenvalue weighted by atomic mass is 28.2. The maximum absolute atomic E-state index is 5.41. The fourth-order valence-corrected chi connectivity index (χ4v) is 2.67. The molecule has 0 aliphatic rings. The van der Waals surface area contributed by atoms with Crippen molar-refractivity contribution in [2.24, 2.45) is 5.73 Å². The summed E-state index contributed by atoms with van der Waals surface area (Å²) in [5.74, 6) is 0. The molecule has 1 rings (SSSR count). The third-order valence-corrected chi connectivity index (χ3v) is 3.66. The molecule has 11 heavy (non-hydrogen) atoms. The molecule has 1 aromatic carbocycles. The van der Waals surface area contributed by atoms with Gasteiger partial charge >= 0.3 is 0 Å². The Morgan fingerprint density at radius 2 is 1.91 bits per heavy atom. The first-order valence-corrected chi connectivity index (χ1v) is 5.88. The molecule has 2 N–H and O–H groups in total. The average Bonchev–Trinajstić information content (AvgIpc) is 2.07. The van der Waals surface area contributed by atoms with E-state index in [1.165, 1.54) is 12.5 Å². The molecule has 1 nitrogen and oxygen atoms in total. The van der Waals surface area contributed by atoms with Gasteiger partial charge in [0.1, 0.15) is 0 Å². The SMILES string of the molecule is NCCC[SiH2]c1ccccc1. The van der Waals surface area contributed by atoms with E-state index in [0.717, 1.165) is 6.54 Å². The first-order valence-electron chi connectivity index (χ1n) is 4.17. The van der Waals surface area contributed by atoms with Gasteiger partial charge in [-0.1, -0.05) is 41.6 Å². The van der Waals surface area contributed by atoms with Gasteiger partial charge in [-0.3, -0.25) is 0 Å². The van der Waals surface area contributed by atoms with Crippen LogP contribution in [-0.2, 0) is 0 Å². The van der Waals surface area contributed by atoms with Gasteiger partial charge in [0.25, 0.3) is 0 Å². The van der Waals surface area contributed by atoms with Crippen molar-refractivity contribution in [1.29, 1.82) is 0 Å². The van der Waals surface area contributed by atoms with Gasteiger partial charge < -0.3 is 5.73 Å². The molecule has 0 aromatic heterocycles. The maximum Gasteiger partial charge on any atom is 0.0548 e. The molecule has 2 heteroatoms. The Bertz CT molecular complexity index is 186. The second kappa shape index (κ2) is 5.10. The number of benzene rings is 1. The molecule has 0 radical (unpaired) electrons. The largest absolute Gasteiger partial charge is 0.330 e. The summed E-state index contributed by atoms with van der Waals surface area (Å²) in [4.78, 5) is 0. The first kappa shape index (κ1) is 8.49. The van der Waals surface area contributed by atoms with Gasteiger partial charge in [0.05, 0.1) is 9.52 Å². The second-order valence-electron chi connectivity index (χ2n) is 2.73. The lowest BCUT2D eigenvalue weighted by Gasteiger charge is -1.97. The zero-order valence-corrected chi connectivity index (χ0v) is 8.21. The van der Waals surface area contributed by atoms with Crippen molar-refractivity contribution >= 4 is 14.7 Å². The lowest BCUT2D eigenvalue weighted by Crippen LogP contribution is -2.13. The summed E-state index contributed by atoms with van der Waals surface area (Å²) in [5, 5.41) is 1.56. The molecule has 0 heterocycles. The quantitative estimate of drug-likeness (QED) is 0.502. The first-order chi connectivity index (χ1) is 5.43. The van der Waals surface area contributed by atoms with Crippen LogP contribution in [0.15, 0.2) is 30.3 Å². The summed E-state index contributed by atoms with van der Waals surface area (Å²) in [6.07, 6.45) is 1.20. The molecule has 0 aliphatic heterocycles. The molecule has 0 unspecified atom stereocenters.